The summed E-state index contributed by atoms with van der Waals surface area (Å²) in [4.78, 5) is 15.7. The van der Waals surface area contributed by atoms with Crippen LogP contribution in [0, 0.1) is 0 Å². The van der Waals surface area contributed by atoms with Crippen LogP contribution in [0.15, 0.2) is 60.4 Å². The Morgan fingerprint density at radius 2 is 2.22 bits per heavy atom. The number of benzene rings is 1. The smallest absolute Gasteiger partial charge is 0.289 e. The number of carbonyl (C=O) groups is 1. The summed E-state index contributed by atoms with van der Waals surface area (Å²) >= 11 is 0. The summed E-state index contributed by atoms with van der Waals surface area (Å²) in [5, 5.41) is 3.91. The fourth-order valence-corrected chi connectivity index (χ4v) is 1.75. The Bertz CT molecular complexity index is 699. The first-order valence-electron chi connectivity index (χ1n) is 6.90. The fourth-order valence-electron chi connectivity index (χ4n) is 1.75. The van der Waals surface area contributed by atoms with Crippen LogP contribution in [0.1, 0.15) is 16.1 Å². The zero-order valence-electron chi connectivity index (χ0n) is 12.7. The number of nitrogens with zero attached hydrogens (tertiary/aromatic N) is 2. The zero-order valence-corrected chi connectivity index (χ0v) is 12.7. The molecule has 1 N–H and O–H groups in total. The van der Waals surface area contributed by atoms with Crippen molar-refractivity contribution in [3.63, 3.8) is 0 Å². The Kier molecular flexibility index (Phi) is 5.88. The normalized spacial score (nSPS) is 10.3. The van der Waals surface area contributed by atoms with Crippen LogP contribution in [-0.4, -0.2) is 30.8 Å². The van der Waals surface area contributed by atoms with Crippen LogP contribution in [-0.2, 0) is 0 Å². The molecule has 1 aromatic heterocycles. The predicted octanol–water partition coefficient (Wildman–Crippen LogP) is 2.42. The minimum absolute atomic E-state index is 0.301. The molecule has 0 radical (unpaired) electrons. The van der Waals surface area contributed by atoms with E-state index in [9.17, 15) is 4.79 Å². The number of methoxy groups -OCH3 is 1. The van der Waals surface area contributed by atoms with Gasteiger partial charge in [0.05, 0.1) is 13.3 Å². The molecule has 1 amide bonds. The van der Waals surface area contributed by atoms with Gasteiger partial charge >= 0.3 is 0 Å². The molecular formula is C17H17N3O3. The molecule has 0 saturated carbocycles. The van der Waals surface area contributed by atoms with E-state index in [1.165, 1.54) is 6.21 Å². The predicted molar refractivity (Wildman–Crippen MR) is 88.0 cm³/mol. The van der Waals surface area contributed by atoms with E-state index in [4.69, 9.17) is 9.47 Å². The van der Waals surface area contributed by atoms with Gasteiger partial charge in [0.25, 0.3) is 5.91 Å². The van der Waals surface area contributed by atoms with Gasteiger partial charge in [0.15, 0.2) is 11.5 Å². The van der Waals surface area contributed by atoms with Crippen LogP contribution < -0.4 is 14.9 Å². The SMILES string of the molecule is C=CCOc1ccc(/C=N/NC(=O)c2ccccn2)cc1OC. The second-order valence-corrected chi connectivity index (χ2v) is 4.42. The lowest BCUT2D eigenvalue weighted by Gasteiger charge is -2.09. The van der Waals surface area contributed by atoms with Gasteiger partial charge in [-0.25, -0.2) is 5.43 Å². The quantitative estimate of drug-likeness (QED) is 0.484. The first kappa shape index (κ1) is 16.2. The van der Waals surface area contributed by atoms with Crippen molar-refractivity contribution in [3.8, 4) is 11.5 Å². The summed E-state index contributed by atoms with van der Waals surface area (Å²) < 4.78 is 10.7. The van der Waals surface area contributed by atoms with Crippen molar-refractivity contribution in [1.82, 2.24) is 10.4 Å². The molecule has 0 fully saturated rings. The van der Waals surface area contributed by atoms with E-state index in [1.54, 1.807) is 55.8 Å². The van der Waals surface area contributed by atoms with Crippen molar-refractivity contribution >= 4 is 12.1 Å². The minimum atomic E-state index is -0.375. The second-order valence-electron chi connectivity index (χ2n) is 4.42. The molecule has 0 saturated heterocycles. The first-order valence-corrected chi connectivity index (χ1v) is 6.90. The van der Waals surface area contributed by atoms with Crippen molar-refractivity contribution < 1.29 is 14.3 Å². The third kappa shape index (κ3) is 4.67. The Hall–Kier alpha value is -3.15. The lowest BCUT2D eigenvalue weighted by atomic mass is 10.2. The average Bonchev–Trinajstić information content (AvgIpc) is 2.61. The topological polar surface area (TPSA) is 72.8 Å². The number of hydrazone groups is 1. The summed E-state index contributed by atoms with van der Waals surface area (Å²) in [5.74, 6) is 0.814. The Labute approximate surface area is 134 Å². The van der Waals surface area contributed by atoms with Gasteiger partial charge in [-0.3, -0.25) is 9.78 Å². The molecule has 0 aliphatic heterocycles. The van der Waals surface area contributed by atoms with Gasteiger partial charge < -0.3 is 9.47 Å². The number of nitrogens with one attached hydrogen (secondary N) is 1. The van der Waals surface area contributed by atoms with Crippen LogP contribution in [0.2, 0.25) is 0 Å². The molecule has 1 heterocycles. The van der Waals surface area contributed by atoms with Gasteiger partial charge in [-0.15, -0.1) is 0 Å². The highest BCUT2D eigenvalue weighted by Crippen LogP contribution is 2.27. The fraction of sp³-hybridized carbons (Fsp3) is 0.118. The van der Waals surface area contributed by atoms with E-state index in [2.05, 4.69) is 22.1 Å². The van der Waals surface area contributed by atoms with Crippen molar-refractivity contribution in [3.05, 3.63) is 66.5 Å². The van der Waals surface area contributed by atoms with Crippen molar-refractivity contribution in [2.75, 3.05) is 13.7 Å². The second kappa shape index (κ2) is 8.33. The highest BCUT2D eigenvalue weighted by molar-refractivity contribution is 5.93. The largest absolute Gasteiger partial charge is 0.493 e. The summed E-state index contributed by atoms with van der Waals surface area (Å²) in [6.45, 7) is 3.99. The maximum absolute atomic E-state index is 11.8. The third-order valence-electron chi connectivity index (χ3n) is 2.82. The van der Waals surface area contributed by atoms with Crippen molar-refractivity contribution in [1.29, 1.82) is 0 Å². The molecule has 0 spiro atoms. The average molecular weight is 311 g/mol. The molecule has 6 heteroatoms. The van der Waals surface area contributed by atoms with E-state index in [-0.39, 0.29) is 5.91 Å². The van der Waals surface area contributed by atoms with E-state index in [0.717, 1.165) is 5.56 Å². The molecule has 2 aromatic rings. The Balaban J connectivity index is 2.02. The molecule has 0 aliphatic carbocycles. The molecule has 23 heavy (non-hydrogen) atoms. The van der Waals surface area contributed by atoms with E-state index < -0.39 is 0 Å². The zero-order chi connectivity index (χ0) is 16.5. The van der Waals surface area contributed by atoms with E-state index in [1.807, 2.05) is 0 Å². The number of aromatic nitrogens is 1. The monoisotopic (exact) mass is 311 g/mol. The van der Waals surface area contributed by atoms with Crippen molar-refractivity contribution in [2.24, 2.45) is 5.10 Å². The molecule has 6 nitrogen and oxygen atoms in total. The summed E-state index contributed by atoms with van der Waals surface area (Å²) in [7, 11) is 1.56. The molecule has 2 rings (SSSR count). The van der Waals surface area contributed by atoms with Crippen LogP contribution in [0.4, 0.5) is 0 Å². The van der Waals surface area contributed by atoms with Gasteiger partial charge in [0.2, 0.25) is 0 Å². The highest BCUT2D eigenvalue weighted by atomic mass is 16.5. The standard InChI is InChI=1S/C17H17N3O3/c1-3-10-23-15-8-7-13(11-16(15)22-2)12-19-20-17(21)14-6-4-5-9-18-14/h3-9,11-12H,1,10H2,2H3,(H,20,21)/b19-12+. The lowest BCUT2D eigenvalue weighted by molar-refractivity contribution is 0.0950. The van der Waals surface area contributed by atoms with Gasteiger partial charge in [-0.1, -0.05) is 18.7 Å². The number of carbonyl (C=O) groups excluding carboxylic acids is 1. The minimum Gasteiger partial charge on any atom is -0.493 e. The lowest BCUT2D eigenvalue weighted by Crippen LogP contribution is -2.18. The molecule has 118 valence electrons. The number of rotatable bonds is 7. The maximum atomic E-state index is 11.8. The molecule has 0 bridgehead atoms. The van der Waals surface area contributed by atoms with Crippen molar-refractivity contribution in [2.45, 2.75) is 0 Å². The number of pyridine rings is 1. The Morgan fingerprint density at radius 1 is 1.35 bits per heavy atom. The Morgan fingerprint density at radius 3 is 2.91 bits per heavy atom. The van der Waals surface area contributed by atoms with Crippen LogP contribution in [0.25, 0.3) is 0 Å². The molecule has 1 aromatic carbocycles. The molecule has 0 atom stereocenters. The molecule has 0 aliphatic rings. The highest BCUT2D eigenvalue weighted by Gasteiger charge is 2.05. The number of ether oxygens (including phenoxy) is 2. The first-order chi connectivity index (χ1) is 11.2. The third-order valence-corrected chi connectivity index (χ3v) is 2.82. The summed E-state index contributed by atoms with van der Waals surface area (Å²) in [6.07, 6.45) is 4.72. The van der Waals surface area contributed by atoms with Gasteiger partial charge in [0.1, 0.15) is 12.3 Å². The number of hydrogen-bond acceptors (Lipinski definition) is 5. The van der Waals surface area contributed by atoms with Crippen LogP contribution >= 0.6 is 0 Å². The van der Waals surface area contributed by atoms with Crippen LogP contribution in [0.5, 0.6) is 11.5 Å². The van der Waals surface area contributed by atoms with Crippen LogP contribution in [0.3, 0.4) is 0 Å². The van der Waals surface area contributed by atoms with Gasteiger partial charge in [-0.05, 0) is 35.9 Å². The van der Waals surface area contributed by atoms with E-state index >= 15 is 0 Å². The molecular weight excluding hydrogens is 294 g/mol. The summed E-state index contributed by atoms with van der Waals surface area (Å²) in [5.41, 5.74) is 3.48. The maximum Gasteiger partial charge on any atom is 0.289 e. The van der Waals surface area contributed by atoms with E-state index in [0.29, 0.717) is 23.8 Å². The number of hydrogen-bond donors (Lipinski definition) is 1. The summed E-state index contributed by atoms with van der Waals surface area (Å²) in [6, 6.07) is 10.4. The number of amides is 1. The molecule has 0 unspecified atom stereocenters. The van der Waals surface area contributed by atoms with Gasteiger partial charge in [-0.2, -0.15) is 5.10 Å². The van der Waals surface area contributed by atoms with Gasteiger partial charge in [0, 0.05) is 6.20 Å².